The van der Waals surface area contributed by atoms with Crippen molar-refractivity contribution in [1.82, 2.24) is 5.32 Å². The van der Waals surface area contributed by atoms with Gasteiger partial charge in [0.1, 0.15) is 18.0 Å². The number of amides is 1. The first-order valence-electron chi connectivity index (χ1n) is 10.5. The summed E-state index contributed by atoms with van der Waals surface area (Å²) in [6.45, 7) is -0.317. The van der Waals surface area contributed by atoms with E-state index in [0.29, 0.717) is 29.0 Å². The molecular weight excluding hydrogens is 416 g/mol. The molecule has 166 valence electrons. The van der Waals surface area contributed by atoms with Crippen molar-refractivity contribution in [2.75, 3.05) is 25.1 Å². The van der Waals surface area contributed by atoms with Crippen molar-refractivity contribution in [3.05, 3.63) is 48.5 Å². The molecule has 1 N–H and O–H groups in total. The summed E-state index contributed by atoms with van der Waals surface area (Å²) in [5.74, 6) is 1.82. The van der Waals surface area contributed by atoms with E-state index in [4.69, 9.17) is 9.47 Å². The van der Waals surface area contributed by atoms with Crippen LogP contribution in [0.5, 0.6) is 11.5 Å². The molecule has 8 heteroatoms. The summed E-state index contributed by atoms with van der Waals surface area (Å²) < 4.78 is 38.7. The fourth-order valence-electron chi connectivity index (χ4n) is 4.81. The molecular formula is C23H28N2O5S. The summed E-state index contributed by atoms with van der Waals surface area (Å²) in [7, 11) is -1.02. The molecule has 0 spiro atoms. The summed E-state index contributed by atoms with van der Waals surface area (Å²) in [5, 5.41) is 3.08. The van der Waals surface area contributed by atoms with Crippen LogP contribution in [0.4, 0.5) is 5.69 Å². The maximum atomic E-state index is 13.6. The normalized spacial score (nSPS) is 22.2. The average molecular weight is 445 g/mol. The molecule has 0 unspecified atom stereocenters. The number of anilines is 1. The number of fused-ring (bicyclic) bond motifs is 2. The van der Waals surface area contributed by atoms with Crippen LogP contribution in [0, 0.1) is 11.8 Å². The molecule has 1 amide bonds. The monoisotopic (exact) mass is 444 g/mol. The Labute approximate surface area is 183 Å². The summed E-state index contributed by atoms with van der Waals surface area (Å²) >= 11 is 0. The Morgan fingerprint density at radius 2 is 1.77 bits per heavy atom. The average Bonchev–Trinajstić information content (AvgIpc) is 3.40. The van der Waals surface area contributed by atoms with Crippen molar-refractivity contribution in [1.29, 1.82) is 0 Å². The van der Waals surface area contributed by atoms with Crippen LogP contribution >= 0.6 is 0 Å². The molecule has 4 rings (SSSR count). The smallest absolute Gasteiger partial charge is 0.264 e. The van der Waals surface area contributed by atoms with Gasteiger partial charge in [0.05, 0.1) is 24.8 Å². The summed E-state index contributed by atoms with van der Waals surface area (Å²) in [4.78, 5) is 13.0. The number of para-hydroxylation sites is 2. The van der Waals surface area contributed by atoms with Gasteiger partial charge in [0.25, 0.3) is 10.0 Å². The lowest BCUT2D eigenvalue weighted by molar-refractivity contribution is -0.120. The van der Waals surface area contributed by atoms with Crippen LogP contribution in [0.2, 0.25) is 0 Å². The van der Waals surface area contributed by atoms with E-state index < -0.39 is 10.0 Å². The first-order chi connectivity index (χ1) is 14.9. The van der Waals surface area contributed by atoms with Crippen LogP contribution in [0.15, 0.2) is 53.4 Å². The Bertz CT molecular complexity index is 1040. The van der Waals surface area contributed by atoms with E-state index in [9.17, 15) is 13.2 Å². The lowest BCUT2D eigenvalue weighted by Gasteiger charge is -2.28. The Morgan fingerprint density at radius 3 is 2.39 bits per heavy atom. The quantitative estimate of drug-likeness (QED) is 0.676. The molecule has 2 saturated carbocycles. The van der Waals surface area contributed by atoms with Gasteiger partial charge in [-0.2, -0.15) is 0 Å². The minimum Gasteiger partial charge on any atom is -0.497 e. The highest BCUT2D eigenvalue weighted by atomic mass is 32.2. The van der Waals surface area contributed by atoms with Crippen LogP contribution in [0.25, 0.3) is 0 Å². The third-order valence-electron chi connectivity index (χ3n) is 6.37. The molecule has 2 aromatic carbocycles. The van der Waals surface area contributed by atoms with Crippen molar-refractivity contribution in [2.45, 2.75) is 36.6 Å². The van der Waals surface area contributed by atoms with E-state index in [1.807, 2.05) is 0 Å². The second-order valence-electron chi connectivity index (χ2n) is 8.21. The fourth-order valence-corrected chi connectivity index (χ4v) is 6.25. The van der Waals surface area contributed by atoms with E-state index >= 15 is 0 Å². The maximum Gasteiger partial charge on any atom is 0.264 e. The number of carbonyl (C=O) groups is 1. The molecule has 2 aromatic rings. The SMILES string of the molecule is COc1ccc(S(=O)(=O)N(CC(=O)N[C@@H]2C[C@@H]3CC[C@@H]2C3)c2ccccc2OC)cc1. The van der Waals surface area contributed by atoms with Gasteiger partial charge < -0.3 is 14.8 Å². The van der Waals surface area contributed by atoms with E-state index in [1.54, 1.807) is 36.4 Å². The fraction of sp³-hybridized carbons (Fsp3) is 0.435. The summed E-state index contributed by atoms with van der Waals surface area (Å²) in [6.07, 6.45) is 4.51. The zero-order valence-corrected chi connectivity index (χ0v) is 18.6. The molecule has 2 fully saturated rings. The summed E-state index contributed by atoms with van der Waals surface area (Å²) in [5.41, 5.74) is 0.323. The number of carbonyl (C=O) groups excluding carboxylic acids is 1. The predicted octanol–water partition coefficient (Wildman–Crippen LogP) is 3.20. The van der Waals surface area contributed by atoms with E-state index in [-0.39, 0.29) is 23.4 Å². The first kappa shape index (κ1) is 21.5. The third-order valence-corrected chi connectivity index (χ3v) is 8.15. The van der Waals surface area contributed by atoms with Gasteiger partial charge in [-0.1, -0.05) is 18.6 Å². The number of hydrogen-bond acceptors (Lipinski definition) is 5. The van der Waals surface area contributed by atoms with E-state index in [1.165, 1.54) is 32.8 Å². The topological polar surface area (TPSA) is 84.9 Å². The Morgan fingerprint density at radius 1 is 1.03 bits per heavy atom. The molecule has 7 nitrogen and oxygen atoms in total. The minimum atomic E-state index is -4.01. The molecule has 0 radical (unpaired) electrons. The van der Waals surface area contributed by atoms with Gasteiger partial charge in [-0.3, -0.25) is 9.10 Å². The molecule has 0 aromatic heterocycles. The van der Waals surface area contributed by atoms with Gasteiger partial charge in [0.2, 0.25) is 5.91 Å². The highest BCUT2D eigenvalue weighted by Crippen LogP contribution is 2.44. The molecule has 31 heavy (non-hydrogen) atoms. The summed E-state index contributed by atoms with van der Waals surface area (Å²) in [6, 6.07) is 13.1. The van der Waals surface area contributed by atoms with E-state index in [0.717, 1.165) is 23.6 Å². The molecule has 0 aliphatic heterocycles. The number of nitrogens with one attached hydrogen (secondary N) is 1. The highest BCUT2D eigenvalue weighted by molar-refractivity contribution is 7.92. The predicted molar refractivity (Wildman–Crippen MR) is 118 cm³/mol. The largest absolute Gasteiger partial charge is 0.497 e. The lowest BCUT2D eigenvalue weighted by atomic mass is 9.95. The van der Waals surface area contributed by atoms with Crippen molar-refractivity contribution in [3.63, 3.8) is 0 Å². The van der Waals surface area contributed by atoms with Crippen molar-refractivity contribution in [2.24, 2.45) is 11.8 Å². The number of methoxy groups -OCH3 is 2. The molecule has 0 saturated heterocycles. The van der Waals surface area contributed by atoms with Crippen LogP contribution in [0.3, 0.4) is 0 Å². The first-order valence-corrected chi connectivity index (χ1v) is 12.0. The Hall–Kier alpha value is -2.74. The van der Waals surface area contributed by atoms with Crippen LogP contribution in [0.1, 0.15) is 25.7 Å². The van der Waals surface area contributed by atoms with Gasteiger partial charge in [0.15, 0.2) is 0 Å². The van der Waals surface area contributed by atoms with Gasteiger partial charge in [0, 0.05) is 6.04 Å². The van der Waals surface area contributed by atoms with Crippen molar-refractivity contribution < 1.29 is 22.7 Å². The number of sulfonamides is 1. The molecule has 2 aliphatic rings. The zero-order chi connectivity index (χ0) is 22.0. The standard InChI is InChI=1S/C23H28N2O5S/c1-29-18-9-11-19(12-10-18)31(27,28)25(21-5-3-4-6-22(21)30-2)15-23(26)24-20-14-16-7-8-17(20)13-16/h3-6,9-12,16-17,20H,7-8,13-15H2,1-2H3,(H,24,26)/t16-,17-,20-/m1/s1. The minimum absolute atomic E-state index is 0.0759. The van der Waals surface area contributed by atoms with Crippen LogP contribution in [-0.2, 0) is 14.8 Å². The Kier molecular flexibility index (Phi) is 6.09. The Balaban J connectivity index is 1.63. The van der Waals surface area contributed by atoms with Gasteiger partial charge in [-0.15, -0.1) is 0 Å². The number of rotatable bonds is 8. The molecule has 2 bridgehead atoms. The number of benzene rings is 2. The highest BCUT2D eigenvalue weighted by Gasteiger charge is 2.40. The number of ether oxygens (including phenoxy) is 2. The van der Waals surface area contributed by atoms with Crippen molar-refractivity contribution in [3.8, 4) is 11.5 Å². The van der Waals surface area contributed by atoms with E-state index in [2.05, 4.69) is 5.32 Å². The molecule has 0 heterocycles. The van der Waals surface area contributed by atoms with Crippen molar-refractivity contribution >= 4 is 21.6 Å². The number of hydrogen-bond donors (Lipinski definition) is 1. The maximum absolute atomic E-state index is 13.6. The van der Waals surface area contributed by atoms with Gasteiger partial charge in [-0.05, 0) is 67.5 Å². The lowest BCUT2D eigenvalue weighted by Crippen LogP contribution is -2.46. The van der Waals surface area contributed by atoms with Gasteiger partial charge >= 0.3 is 0 Å². The van der Waals surface area contributed by atoms with Crippen LogP contribution < -0.4 is 19.1 Å². The van der Waals surface area contributed by atoms with Gasteiger partial charge in [-0.25, -0.2) is 8.42 Å². The third kappa shape index (κ3) is 4.35. The second-order valence-corrected chi connectivity index (χ2v) is 10.1. The molecule has 2 aliphatic carbocycles. The molecule has 3 atom stereocenters. The second kappa shape index (κ2) is 8.78. The number of nitrogens with zero attached hydrogens (tertiary/aromatic N) is 1. The zero-order valence-electron chi connectivity index (χ0n) is 17.8. The van der Waals surface area contributed by atoms with Crippen LogP contribution in [-0.4, -0.2) is 41.1 Å².